The van der Waals surface area contributed by atoms with Crippen molar-refractivity contribution in [3.8, 4) is 50.7 Å². The van der Waals surface area contributed by atoms with Crippen molar-refractivity contribution in [1.82, 2.24) is 14.5 Å². The fourth-order valence-electron chi connectivity index (χ4n) is 8.58. The lowest BCUT2D eigenvalue weighted by Crippen LogP contribution is -1.97. The molecule has 0 aliphatic rings. The maximum atomic E-state index is 6.66. The van der Waals surface area contributed by atoms with Crippen molar-refractivity contribution in [1.29, 1.82) is 0 Å². The Morgan fingerprint density at radius 1 is 0.421 bits per heavy atom. The lowest BCUT2D eigenvalue weighted by atomic mass is 9.99. The fraction of sp³-hybridized carbons (Fsp3) is 0. The van der Waals surface area contributed by atoms with Crippen LogP contribution in [0.5, 0.6) is 0 Å². The van der Waals surface area contributed by atoms with E-state index >= 15 is 0 Å². The largest absolute Gasteiger partial charge is 0.455 e. The molecular formula is C52H31N3OS. The highest BCUT2D eigenvalue weighted by molar-refractivity contribution is 7.26. The Balaban J connectivity index is 1.14. The Kier molecular flexibility index (Phi) is 7.06. The molecule has 0 unspecified atom stereocenters. The van der Waals surface area contributed by atoms with Crippen molar-refractivity contribution < 1.29 is 4.42 Å². The van der Waals surface area contributed by atoms with Gasteiger partial charge in [0, 0.05) is 75.2 Å². The van der Waals surface area contributed by atoms with Crippen molar-refractivity contribution in [2.24, 2.45) is 0 Å². The van der Waals surface area contributed by atoms with Crippen LogP contribution in [-0.2, 0) is 0 Å². The Hall–Kier alpha value is -7.34. The van der Waals surface area contributed by atoms with Crippen LogP contribution in [0.3, 0.4) is 0 Å². The van der Waals surface area contributed by atoms with E-state index < -0.39 is 0 Å². The SMILES string of the molecule is c1ccc(-c2cc(-c3ccccc3)nc(-c3ccc4c5ccccc5n(-c5cc(-c6cccc7c6oc6ccccc67)c6sc7ccccc7c6c5)c4c3)n2)cc1. The Labute approximate surface area is 331 Å². The Morgan fingerprint density at radius 3 is 1.86 bits per heavy atom. The maximum absolute atomic E-state index is 6.66. The van der Waals surface area contributed by atoms with Gasteiger partial charge in [-0.3, -0.25) is 0 Å². The molecule has 4 nitrogen and oxygen atoms in total. The summed E-state index contributed by atoms with van der Waals surface area (Å²) in [6.45, 7) is 0. The molecule has 5 heteroatoms. The molecule has 0 spiro atoms. The zero-order chi connectivity index (χ0) is 37.5. The number of rotatable bonds is 5. The molecule has 266 valence electrons. The molecule has 0 radical (unpaired) electrons. The number of fused-ring (bicyclic) bond motifs is 9. The first-order chi connectivity index (χ1) is 28.2. The lowest BCUT2D eigenvalue weighted by Gasteiger charge is -2.13. The number of furan rings is 1. The van der Waals surface area contributed by atoms with Crippen molar-refractivity contribution in [2.75, 3.05) is 0 Å². The van der Waals surface area contributed by atoms with E-state index in [9.17, 15) is 0 Å². The average molecular weight is 746 g/mol. The Morgan fingerprint density at radius 2 is 1.07 bits per heavy atom. The highest BCUT2D eigenvalue weighted by atomic mass is 32.1. The van der Waals surface area contributed by atoms with Gasteiger partial charge in [0.05, 0.1) is 22.4 Å². The van der Waals surface area contributed by atoms with E-state index in [1.165, 1.54) is 30.9 Å². The summed E-state index contributed by atoms with van der Waals surface area (Å²) in [7, 11) is 0. The second-order valence-corrected chi connectivity index (χ2v) is 15.6. The van der Waals surface area contributed by atoms with E-state index in [-0.39, 0.29) is 0 Å². The van der Waals surface area contributed by atoms with Gasteiger partial charge < -0.3 is 8.98 Å². The van der Waals surface area contributed by atoms with Gasteiger partial charge in [0.25, 0.3) is 0 Å². The van der Waals surface area contributed by atoms with E-state index in [0.717, 1.165) is 77.9 Å². The van der Waals surface area contributed by atoms with Crippen LogP contribution in [0.1, 0.15) is 0 Å². The van der Waals surface area contributed by atoms with E-state index in [1.54, 1.807) is 0 Å². The van der Waals surface area contributed by atoms with Crippen molar-refractivity contribution in [2.45, 2.75) is 0 Å². The topological polar surface area (TPSA) is 43.9 Å². The molecule has 12 rings (SSSR count). The van der Waals surface area contributed by atoms with Gasteiger partial charge in [-0.1, -0.05) is 146 Å². The minimum absolute atomic E-state index is 0.686. The molecule has 8 aromatic carbocycles. The molecule has 0 saturated carbocycles. The minimum Gasteiger partial charge on any atom is -0.455 e. The smallest absolute Gasteiger partial charge is 0.160 e. The molecular weight excluding hydrogens is 715 g/mol. The molecule has 0 bridgehead atoms. The van der Waals surface area contributed by atoms with Crippen LogP contribution in [0.15, 0.2) is 192 Å². The van der Waals surface area contributed by atoms with Gasteiger partial charge in [-0.2, -0.15) is 0 Å². The van der Waals surface area contributed by atoms with Crippen LogP contribution in [0, 0.1) is 0 Å². The number of nitrogens with zero attached hydrogens (tertiary/aromatic N) is 3. The van der Waals surface area contributed by atoms with E-state index in [1.807, 2.05) is 29.5 Å². The molecule has 0 atom stereocenters. The average Bonchev–Trinajstić information content (AvgIpc) is 3.96. The summed E-state index contributed by atoms with van der Waals surface area (Å²) in [6.07, 6.45) is 0. The second-order valence-electron chi connectivity index (χ2n) is 14.5. The maximum Gasteiger partial charge on any atom is 0.160 e. The van der Waals surface area contributed by atoms with Crippen LogP contribution in [0.4, 0.5) is 0 Å². The molecule has 0 fully saturated rings. The van der Waals surface area contributed by atoms with Crippen LogP contribution >= 0.6 is 11.3 Å². The number of benzene rings is 8. The van der Waals surface area contributed by atoms with Crippen molar-refractivity contribution >= 4 is 75.3 Å². The van der Waals surface area contributed by atoms with Gasteiger partial charge in [-0.15, -0.1) is 11.3 Å². The number of aromatic nitrogens is 3. The molecule has 0 N–H and O–H groups in total. The summed E-state index contributed by atoms with van der Waals surface area (Å²) in [5.74, 6) is 0.686. The van der Waals surface area contributed by atoms with Gasteiger partial charge in [-0.25, -0.2) is 9.97 Å². The number of hydrogen-bond donors (Lipinski definition) is 0. The molecule has 4 heterocycles. The molecule has 12 aromatic rings. The molecule has 57 heavy (non-hydrogen) atoms. The van der Waals surface area contributed by atoms with Crippen LogP contribution in [0.25, 0.3) is 115 Å². The monoisotopic (exact) mass is 745 g/mol. The fourth-order valence-corrected chi connectivity index (χ4v) is 9.79. The summed E-state index contributed by atoms with van der Waals surface area (Å²) in [5, 5.41) is 7.09. The standard InChI is InChI=1S/C52H31N3OS/c1-3-14-32(15-4-1)44-31-45(33-16-5-2-6-17-33)54-52(53-44)34-26-27-37-36-18-7-10-23-46(36)55(47(37)28-34)35-29-42-39-20-9-12-25-49(39)57-51(42)43(30-35)41-22-13-21-40-38-19-8-11-24-48(38)56-50(40)41/h1-31H. The predicted molar refractivity (Wildman–Crippen MR) is 238 cm³/mol. The first kappa shape index (κ1) is 32.0. The van der Waals surface area contributed by atoms with E-state index in [0.29, 0.717) is 5.82 Å². The highest BCUT2D eigenvalue weighted by Crippen LogP contribution is 2.46. The lowest BCUT2D eigenvalue weighted by molar-refractivity contribution is 0.670. The zero-order valence-corrected chi connectivity index (χ0v) is 31.4. The van der Waals surface area contributed by atoms with Gasteiger partial charge in [0.15, 0.2) is 5.82 Å². The third-order valence-corrected chi connectivity index (χ3v) is 12.4. The third-order valence-electron chi connectivity index (χ3n) is 11.2. The van der Waals surface area contributed by atoms with Crippen molar-refractivity contribution in [3.63, 3.8) is 0 Å². The van der Waals surface area contributed by atoms with Crippen molar-refractivity contribution in [3.05, 3.63) is 188 Å². The molecule has 0 aliphatic carbocycles. The molecule has 0 aliphatic heterocycles. The highest BCUT2D eigenvalue weighted by Gasteiger charge is 2.21. The first-order valence-corrected chi connectivity index (χ1v) is 20.0. The summed E-state index contributed by atoms with van der Waals surface area (Å²) in [6, 6.07) is 66.5. The van der Waals surface area contributed by atoms with E-state index in [2.05, 4.69) is 174 Å². The molecule has 0 saturated heterocycles. The first-order valence-electron chi connectivity index (χ1n) is 19.1. The quantitative estimate of drug-likeness (QED) is 0.176. The zero-order valence-electron chi connectivity index (χ0n) is 30.6. The Bertz CT molecular complexity index is 3470. The summed E-state index contributed by atoms with van der Waals surface area (Å²) >= 11 is 1.84. The molecule has 0 amide bonds. The number of thiophene rings is 1. The summed E-state index contributed by atoms with van der Waals surface area (Å²) in [4.78, 5) is 10.4. The predicted octanol–water partition coefficient (Wildman–Crippen LogP) is 14.5. The number of para-hydroxylation sites is 3. The summed E-state index contributed by atoms with van der Waals surface area (Å²) < 4.78 is 11.6. The number of hydrogen-bond acceptors (Lipinski definition) is 4. The normalized spacial score (nSPS) is 11.9. The second kappa shape index (κ2) is 12.6. The van der Waals surface area contributed by atoms with Crippen LogP contribution < -0.4 is 0 Å². The van der Waals surface area contributed by atoms with Gasteiger partial charge in [0.1, 0.15) is 11.2 Å². The van der Waals surface area contributed by atoms with E-state index in [4.69, 9.17) is 14.4 Å². The van der Waals surface area contributed by atoms with Gasteiger partial charge in [-0.05, 0) is 42.5 Å². The van der Waals surface area contributed by atoms with Gasteiger partial charge >= 0.3 is 0 Å². The molecule has 4 aromatic heterocycles. The third kappa shape index (κ3) is 5.06. The minimum atomic E-state index is 0.686. The summed E-state index contributed by atoms with van der Waals surface area (Å²) in [5.41, 5.74) is 12.2. The van der Waals surface area contributed by atoms with Gasteiger partial charge in [0.2, 0.25) is 0 Å². The van der Waals surface area contributed by atoms with Crippen LogP contribution in [-0.4, -0.2) is 14.5 Å². The van der Waals surface area contributed by atoms with Crippen LogP contribution in [0.2, 0.25) is 0 Å².